The summed E-state index contributed by atoms with van der Waals surface area (Å²) < 4.78 is 4.77. The first kappa shape index (κ1) is 13.5. The molecular formula is C12H14ClNO3. The molecule has 5 heteroatoms. The first-order valence-electron chi connectivity index (χ1n) is 5.14. The molecule has 0 aliphatic carbocycles. The fraction of sp³-hybridized carbons (Fsp3) is 0.333. The largest absolute Gasteiger partial charge is 0.453 e. The van der Waals surface area contributed by atoms with Crippen molar-refractivity contribution in [1.82, 2.24) is 0 Å². The van der Waals surface area contributed by atoms with Crippen LogP contribution in [0.15, 0.2) is 18.2 Å². The van der Waals surface area contributed by atoms with Gasteiger partial charge in [0.15, 0.2) is 6.10 Å². The SMILES string of the molecule is CC(=O)OC(C)C(=O)Nc1cc(Cl)ccc1C. The van der Waals surface area contributed by atoms with Crippen molar-refractivity contribution in [1.29, 1.82) is 0 Å². The van der Waals surface area contributed by atoms with Crippen LogP contribution in [0.2, 0.25) is 5.02 Å². The molecule has 0 saturated carbocycles. The molecule has 0 fully saturated rings. The highest BCUT2D eigenvalue weighted by Crippen LogP contribution is 2.20. The van der Waals surface area contributed by atoms with Gasteiger partial charge in [-0.1, -0.05) is 17.7 Å². The standard InChI is InChI=1S/C12H14ClNO3/c1-7-4-5-10(13)6-11(7)14-12(16)8(2)17-9(3)15/h4-6,8H,1-3H3,(H,14,16). The van der Waals surface area contributed by atoms with Crippen LogP contribution in [0.25, 0.3) is 0 Å². The minimum Gasteiger partial charge on any atom is -0.453 e. The lowest BCUT2D eigenvalue weighted by Gasteiger charge is -2.13. The lowest BCUT2D eigenvalue weighted by Crippen LogP contribution is -2.29. The molecule has 1 aromatic rings. The highest BCUT2D eigenvalue weighted by atomic mass is 35.5. The summed E-state index contributed by atoms with van der Waals surface area (Å²) in [6, 6.07) is 5.19. The average molecular weight is 256 g/mol. The van der Waals surface area contributed by atoms with Crippen LogP contribution in [-0.4, -0.2) is 18.0 Å². The lowest BCUT2D eigenvalue weighted by atomic mass is 10.2. The molecule has 0 bridgehead atoms. The first-order chi connectivity index (χ1) is 7.90. The smallest absolute Gasteiger partial charge is 0.303 e. The van der Waals surface area contributed by atoms with Crippen molar-refractivity contribution in [2.24, 2.45) is 0 Å². The van der Waals surface area contributed by atoms with Crippen LogP contribution in [-0.2, 0) is 14.3 Å². The fourth-order valence-electron chi connectivity index (χ4n) is 1.27. The maximum Gasteiger partial charge on any atom is 0.303 e. The van der Waals surface area contributed by atoms with Crippen LogP contribution in [0.3, 0.4) is 0 Å². The molecular weight excluding hydrogens is 242 g/mol. The summed E-state index contributed by atoms with van der Waals surface area (Å²) in [4.78, 5) is 22.4. The Morgan fingerprint density at radius 3 is 2.65 bits per heavy atom. The van der Waals surface area contributed by atoms with Gasteiger partial charge in [0, 0.05) is 17.6 Å². The van der Waals surface area contributed by atoms with E-state index in [0.717, 1.165) is 5.56 Å². The van der Waals surface area contributed by atoms with Crippen molar-refractivity contribution in [2.45, 2.75) is 26.9 Å². The number of hydrogen-bond donors (Lipinski definition) is 1. The van der Waals surface area contributed by atoms with E-state index >= 15 is 0 Å². The molecule has 1 atom stereocenters. The Bertz CT molecular complexity index is 445. The van der Waals surface area contributed by atoms with E-state index in [2.05, 4.69) is 5.32 Å². The number of esters is 1. The number of rotatable bonds is 3. The molecule has 0 spiro atoms. The zero-order valence-corrected chi connectivity index (χ0v) is 10.7. The second kappa shape index (κ2) is 5.68. The van der Waals surface area contributed by atoms with E-state index in [4.69, 9.17) is 16.3 Å². The number of ether oxygens (including phenoxy) is 1. The third kappa shape index (κ3) is 4.07. The first-order valence-corrected chi connectivity index (χ1v) is 5.52. The average Bonchev–Trinajstić information content (AvgIpc) is 2.22. The van der Waals surface area contributed by atoms with Gasteiger partial charge in [-0.15, -0.1) is 0 Å². The highest BCUT2D eigenvalue weighted by molar-refractivity contribution is 6.31. The number of amides is 1. The van der Waals surface area contributed by atoms with Crippen LogP contribution < -0.4 is 5.32 Å². The topological polar surface area (TPSA) is 55.4 Å². The van der Waals surface area contributed by atoms with Crippen molar-refractivity contribution < 1.29 is 14.3 Å². The van der Waals surface area contributed by atoms with E-state index in [1.165, 1.54) is 13.8 Å². The lowest BCUT2D eigenvalue weighted by molar-refractivity contribution is -0.150. The van der Waals surface area contributed by atoms with Crippen molar-refractivity contribution in [3.63, 3.8) is 0 Å². The maximum absolute atomic E-state index is 11.7. The number of nitrogens with one attached hydrogen (secondary N) is 1. The summed E-state index contributed by atoms with van der Waals surface area (Å²) in [5.74, 6) is -0.874. The van der Waals surface area contributed by atoms with E-state index < -0.39 is 12.1 Å². The predicted molar refractivity (Wildman–Crippen MR) is 66.0 cm³/mol. The molecule has 1 aromatic carbocycles. The Hall–Kier alpha value is -1.55. The molecule has 0 aromatic heterocycles. The van der Waals surface area contributed by atoms with Gasteiger partial charge >= 0.3 is 5.97 Å². The maximum atomic E-state index is 11.7. The van der Waals surface area contributed by atoms with Crippen LogP contribution in [0.1, 0.15) is 19.4 Å². The van der Waals surface area contributed by atoms with Crippen molar-refractivity contribution in [3.05, 3.63) is 28.8 Å². The van der Waals surface area contributed by atoms with Gasteiger partial charge in [0.05, 0.1) is 0 Å². The van der Waals surface area contributed by atoms with Gasteiger partial charge in [-0.05, 0) is 31.5 Å². The van der Waals surface area contributed by atoms with Gasteiger partial charge in [-0.3, -0.25) is 9.59 Å². The minimum atomic E-state index is -0.828. The third-order valence-electron chi connectivity index (χ3n) is 2.17. The quantitative estimate of drug-likeness (QED) is 0.845. The molecule has 0 radical (unpaired) electrons. The zero-order valence-electron chi connectivity index (χ0n) is 9.91. The Labute approximate surface area is 105 Å². The number of benzene rings is 1. The number of carbonyl (C=O) groups is 2. The number of halogens is 1. The van der Waals surface area contributed by atoms with Gasteiger partial charge in [0.2, 0.25) is 0 Å². The van der Waals surface area contributed by atoms with E-state index in [-0.39, 0.29) is 5.91 Å². The van der Waals surface area contributed by atoms with E-state index in [9.17, 15) is 9.59 Å². The minimum absolute atomic E-state index is 0.384. The molecule has 0 saturated heterocycles. The Kier molecular flexibility index (Phi) is 4.52. The third-order valence-corrected chi connectivity index (χ3v) is 2.40. The number of carbonyl (C=O) groups excluding carboxylic acids is 2. The summed E-state index contributed by atoms with van der Waals surface area (Å²) in [6.45, 7) is 4.62. The summed E-state index contributed by atoms with van der Waals surface area (Å²) in [6.07, 6.45) is -0.828. The molecule has 1 rings (SSSR count). The van der Waals surface area contributed by atoms with Crippen LogP contribution in [0, 0.1) is 6.92 Å². The molecule has 0 aliphatic heterocycles. The molecule has 17 heavy (non-hydrogen) atoms. The predicted octanol–water partition coefficient (Wildman–Crippen LogP) is 2.54. The van der Waals surface area contributed by atoms with Gasteiger partial charge in [0.25, 0.3) is 5.91 Å². The second-order valence-corrected chi connectivity index (χ2v) is 4.14. The molecule has 92 valence electrons. The fourth-order valence-corrected chi connectivity index (χ4v) is 1.44. The van der Waals surface area contributed by atoms with E-state index in [0.29, 0.717) is 10.7 Å². The molecule has 0 heterocycles. The van der Waals surface area contributed by atoms with Crippen molar-refractivity contribution in [3.8, 4) is 0 Å². The molecule has 0 aliphatic rings. The molecule has 1 unspecified atom stereocenters. The Morgan fingerprint density at radius 2 is 2.06 bits per heavy atom. The molecule has 1 N–H and O–H groups in total. The summed E-state index contributed by atoms with van der Waals surface area (Å²) >= 11 is 5.83. The van der Waals surface area contributed by atoms with Gasteiger partial charge in [-0.25, -0.2) is 0 Å². The monoisotopic (exact) mass is 255 g/mol. The van der Waals surface area contributed by atoms with Gasteiger partial charge in [0.1, 0.15) is 0 Å². The summed E-state index contributed by atoms with van der Waals surface area (Å²) in [5.41, 5.74) is 1.50. The van der Waals surface area contributed by atoms with Gasteiger partial charge < -0.3 is 10.1 Å². The second-order valence-electron chi connectivity index (χ2n) is 3.70. The normalized spacial score (nSPS) is 11.8. The molecule has 4 nitrogen and oxygen atoms in total. The van der Waals surface area contributed by atoms with E-state index in [1.54, 1.807) is 18.2 Å². The van der Waals surface area contributed by atoms with E-state index in [1.807, 2.05) is 6.92 Å². The van der Waals surface area contributed by atoms with Crippen molar-refractivity contribution in [2.75, 3.05) is 5.32 Å². The van der Waals surface area contributed by atoms with Crippen LogP contribution in [0.4, 0.5) is 5.69 Å². The van der Waals surface area contributed by atoms with Gasteiger partial charge in [-0.2, -0.15) is 0 Å². The Balaban J connectivity index is 2.73. The number of aryl methyl sites for hydroxylation is 1. The highest BCUT2D eigenvalue weighted by Gasteiger charge is 2.16. The van der Waals surface area contributed by atoms with Crippen molar-refractivity contribution >= 4 is 29.2 Å². The van der Waals surface area contributed by atoms with Crippen LogP contribution in [0.5, 0.6) is 0 Å². The number of anilines is 1. The number of hydrogen-bond acceptors (Lipinski definition) is 3. The van der Waals surface area contributed by atoms with Crippen LogP contribution >= 0.6 is 11.6 Å². The summed E-state index contributed by atoms with van der Waals surface area (Å²) in [5, 5.41) is 3.19. The Morgan fingerprint density at radius 1 is 1.41 bits per heavy atom. The molecule has 1 amide bonds. The summed E-state index contributed by atoms with van der Waals surface area (Å²) in [7, 11) is 0. The zero-order chi connectivity index (χ0) is 13.0.